The van der Waals surface area contributed by atoms with Crippen molar-refractivity contribution in [3.63, 3.8) is 0 Å². The second-order valence-electron chi connectivity index (χ2n) is 5.97. The molecule has 1 aliphatic rings. The van der Waals surface area contributed by atoms with E-state index in [1.165, 1.54) is 0 Å². The molecule has 1 atom stereocenters. The fourth-order valence-corrected chi connectivity index (χ4v) is 2.84. The lowest BCUT2D eigenvalue weighted by molar-refractivity contribution is 0.0696. The molecule has 1 aromatic carbocycles. The fourth-order valence-electron chi connectivity index (χ4n) is 2.84. The van der Waals surface area contributed by atoms with Gasteiger partial charge in [-0.1, -0.05) is 6.92 Å². The minimum absolute atomic E-state index is 0.153. The first-order valence-electron chi connectivity index (χ1n) is 7.95. The van der Waals surface area contributed by atoms with Gasteiger partial charge in [-0.05, 0) is 57.6 Å². The van der Waals surface area contributed by atoms with Gasteiger partial charge in [0.15, 0.2) is 0 Å². The van der Waals surface area contributed by atoms with Crippen LogP contribution in [0.3, 0.4) is 0 Å². The molecule has 1 fully saturated rings. The Kier molecular flexibility index (Phi) is 5.62. The zero-order chi connectivity index (χ0) is 15.2. The predicted molar refractivity (Wildman–Crippen MR) is 87.8 cm³/mol. The van der Waals surface area contributed by atoms with E-state index in [0.717, 1.165) is 50.3 Å². The van der Waals surface area contributed by atoms with Crippen molar-refractivity contribution in [3.05, 3.63) is 29.8 Å². The van der Waals surface area contributed by atoms with E-state index in [9.17, 15) is 4.79 Å². The van der Waals surface area contributed by atoms with Gasteiger partial charge in [-0.15, -0.1) is 0 Å². The largest absolute Gasteiger partial charge is 0.385 e. The molecule has 1 N–H and O–H groups in total. The minimum atomic E-state index is 0.153. The Balaban J connectivity index is 2.04. The van der Waals surface area contributed by atoms with Crippen LogP contribution in [0.15, 0.2) is 24.3 Å². The van der Waals surface area contributed by atoms with E-state index in [2.05, 4.69) is 31.1 Å². The Morgan fingerprint density at radius 1 is 1.29 bits per heavy atom. The molecule has 0 aromatic heterocycles. The molecule has 1 saturated heterocycles. The number of likely N-dealkylation sites (N-methyl/N-ethyl adjacent to an activating group) is 1. The van der Waals surface area contributed by atoms with Crippen LogP contribution in [0.2, 0.25) is 0 Å². The number of hydrogen-bond acceptors (Lipinski definition) is 3. The van der Waals surface area contributed by atoms with E-state index < -0.39 is 0 Å². The first-order valence-corrected chi connectivity index (χ1v) is 7.95. The van der Waals surface area contributed by atoms with Crippen molar-refractivity contribution in [2.24, 2.45) is 0 Å². The molecule has 2 rings (SSSR count). The van der Waals surface area contributed by atoms with E-state index in [4.69, 9.17) is 0 Å². The molecule has 1 unspecified atom stereocenters. The summed E-state index contributed by atoms with van der Waals surface area (Å²) in [4.78, 5) is 17.0. The SMILES string of the molecule is CCCNc1ccc(C(=O)N2CCCN(C)CC2C)cc1. The Morgan fingerprint density at radius 3 is 2.67 bits per heavy atom. The highest BCUT2D eigenvalue weighted by Crippen LogP contribution is 2.16. The van der Waals surface area contributed by atoms with E-state index >= 15 is 0 Å². The second-order valence-corrected chi connectivity index (χ2v) is 5.97. The number of amides is 1. The van der Waals surface area contributed by atoms with Crippen molar-refractivity contribution in [1.29, 1.82) is 0 Å². The zero-order valence-electron chi connectivity index (χ0n) is 13.4. The highest BCUT2D eigenvalue weighted by Gasteiger charge is 2.24. The lowest BCUT2D eigenvalue weighted by Crippen LogP contribution is -2.41. The molecule has 4 heteroatoms. The summed E-state index contributed by atoms with van der Waals surface area (Å²) in [7, 11) is 2.12. The van der Waals surface area contributed by atoms with Gasteiger partial charge < -0.3 is 15.1 Å². The van der Waals surface area contributed by atoms with Gasteiger partial charge in [-0.3, -0.25) is 4.79 Å². The topological polar surface area (TPSA) is 35.6 Å². The average Bonchev–Trinajstić information content (AvgIpc) is 2.65. The molecule has 0 spiro atoms. The minimum Gasteiger partial charge on any atom is -0.385 e. The molecule has 0 aliphatic carbocycles. The Bertz CT molecular complexity index is 458. The number of nitrogens with zero attached hydrogens (tertiary/aromatic N) is 2. The molecule has 0 saturated carbocycles. The average molecular weight is 289 g/mol. The van der Waals surface area contributed by atoms with Crippen LogP contribution in [0, 0.1) is 0 Å². The maximum absolute atomic E-state index is 12.7. The number of carbonyl (C=O) groups excluding carboxylic acids is 1. The van der Waals surface area contributed by atoms with E-state index in [-0.39, 0.29) is 11.9 Å². The summed E-state index contributed by atoms with van der Waals surface area (Å²) >= 11 is 0. The van der Waals surface area contributed by atoms with E-state index in [1.54, 1.807) is 0 Å². The predicted octanol–water partition coefficient (Wildman–Crippen LogP) is 2.67. The zero-order valence-corrected chi connectivity index (χ0v) is 13.4. The molecule has 0 bridgehead atoms. The lowest BCUT2D eigenvalue weighted by atomic mass is 10.1. The summed E-state index contributed by atoms with van der Waals surface area (Å²) in [5, 5.41) is 3.33. The van der Waals surface area contributed by atoms with Gasteiger partial charge in [0.25, 0.3) is 5.91 Å². The van der Waals surface area contributed by atoms with Gasteiger partial charge in [0.1, 0.15) is 0 Å². The van der Waals surface area contributed by atoms with E-state index in [0.29, 0.717) is 0 Å². The van der Waals surface area contributed by atoms with Crippen LogP contribution in [0.4, 0.5) is 5.69 Å². The number of nitrogens with one attached hydrogen (secondary N) is 1. The number of rotatable bonds is 4. The van der Waals surface area contributed by atoms with Crippen LogP contribution in [0.5, 0.6) is 0 Å². The van der Waals surface area contributed by atoms with Crippen LogP contribution in [0.1, 0.15) is 37.0 Å². The standard InChI is InChI=1S/C17H27N3O/c1-4-10-18-16-8-6-15(7-9-16)17(21)20-12-5-11-19(3)13-14(20)2/h6-9,14,18H,4-5,10-13H2,1-3H3. The van der Waals surface area contributed by atoms with Crippen LogP contribution >= 0.6 is 0 Å². The molecule has 0 radical (unpaired) electrons. The Labute approximate surface area is 128 Å². The molecule has 1 heterocycles. The van der Waals surface area contributed by atoms with Gasteiger partial charge in [0, 0.05) is 36.9 Å². The van der Waals surface area contributed by atoms with Crippen molar-refractivity contribution in [2.75, 3.05) is 38.5 Å². The number of anilines is 1. The summed E-state index contributed by atoms with van der Waals surface area (Å²) in [6.07, 6.45) is 2.14. The third kappa shape index (κ3) is 4.21. The van der Waals surface area contributed by atoms with Crippen molar-refractivity contribution < 1.29 is 4.79 Å². The quantitative estimate of drug-likeness (QED) is 0.925. The third-order valence-electron chi connectivity index (χ3n) is 4.02. The van der Waals surface area contributed by atoms with Gasteiger partial charge in [0.05, 0.1) is 0 Å². The second kappa shape index (κ2) is 7.46. The van der Waals surface area contributed by atoms with Gasteiger partial charge in [-0.2, -0.15) is 0 Å². The summed E-state index contributed by atoms with van der Waals surface area (Å²) < 4.78 is 0. The van der Waals surface area contributed by atoms with Gasteiger partial charge in [0.2, 0.25) is 0 Å². The van der Waals surface area contributed by atoms with Crippen molar-refractivity contribution in [2.45, 2.75) is 32.7 Å². The molecule has 21 heavy (non-hydrogen) atoms. The van der Waals surface area contributed by atoms with E-state index in [1.807, 2.05) is 29.2 Å². The summed E-state index contributed by atoms with van der Waals surface area (Å²) in [5.41, 5.74) is 1.87. The lowest BCUT2D eigenvalue weighted by Gasteiger charge is -2.28. The number of carbonyl (C=O) groups is 1. The highest BCUT2D eigenvalue weighted by molar-refractivity contribution is 5.94. The van der Waals surface area contributed by atoms with Crippen molar-refractivity contribution in [3.8, 4) is 0 Å². The van der Waals surface area contributed by atoms with Crippen LogP contribution in [-0.4, -0.2) is 55.0 Å². The first kappa shape index (κ1) is 15.8. The maximum Gasteiger partial charge on any atom is 0.254 e. The molecule has 4 nitrogen and oxygen atoms in total. The molecule has 1 amide bonds. The van der Waals surface area contributed by atoms with Gasteiger partial charge >= 0.3 is 0 Å². The molecule has 116 valence electrons. The normalized spacial score (nSPS) is 20.1. The van der Waals surface area contributed by atoms with Crippen LogP contribution < -0.4 is 5.32 Å². The number of hydrogen-bond donors (Lipinski definition) is 1. The van der Waals surface area contributed by atoms with Crippen LogP contribution in [-0.2, 0) is 0 Å². The Morgan fingerprint density at radius 2 is 2.00 bits per heavy atom. The Hall–Kier alpha value is -1.55. The van der Waals surface area contributed by atoms with Crippen LogP contribution in [0.25, 0.3) is 0 Å². The molecule has 1 aliphatic heterocycles. The highest BCUT2D eigenvalue weighted by atomic mass is 16.2. The van der Waals surface area contributed by atoms with Crippen molar-refractivity contribution in [1.82, 2.24) is 9.80 Å². The first-order chi connectivity index (χ1) is 10.1. The summed E-state index contributed by atoms with van der Waals surface area (Å²) in [6.45, 7) is 8.10. The van der Waals surface area contributed by atoms with Gasteiger partial charge in [-0.25, -0.2) is 0 Å². The van der Waals surface area contributed by atoms with Crippen molar-refractivity contribution >= 4 is 11.6 Å². The summed E-state index contributed by atoms with van der Waals surface area (Å²) in [5.74, 6) is 0.153. The third-order valence-corrected chi connectivity index (χ3v) is 4.02. The fraction of sp³-hybridized carbons (Fsp3) is 0.588. The molecular formula is C17H27N3O. The molecular weight excluding hydrogens is 262 g/mol. The smallest absolute Gasteiger partial charge is 0.254 e. The molecule has 1 aromatic rings. The summed E-state index contributed by atoms with van der Waals surface area (Å²) in [6, 6.07) is 8.13. The number of benzene rings is 1. The monoisotopic (exact) mass is 289 g/mol. The maximum atomic E-state index is 12.7.